The fraction of sp³-hybridized carbons (Fsp3) is 0.312. The Morgan fingerprint density at radius 1 is 1.38 bits per heavy atom. The topological polar surface area (TPSA) is 79.3 Å². The van der Waals surface area contributed by atoms with Crippen molar-refractivity contribution in [2.75, 3.05) is 7.05 Å². The van der Waals surface area contributed by atoms with Crippen LogP contribution in [0.25, 0.3) is 0 Å². The average Bonchev–Trinajstić information content (AvgIpc) is 2.54. The van der Waals surface area contributed by atoms with Crippen molar-refractivity contribution in [3.8, 4) is 0 Å². The third kappa shape index (κ3) is 2.86. The van der Waals surface area contributed by atoms with Crippen LogP contribution in [0, 0.1) is 0 Å². The Hall–Kier alpha value is -2.43. The van der Waals surface area contributed by atoms with Crippen LogP contribution in [-0.4, -0.2) is 29.0 Å². The van der Waals surface area contributed by atoms with Gasteiger partial charge in [-0.3, -0.25) is 4.79 Å². The van der Waals surface area contributed by atoms with Gasteiger partial charge in [0.2, 0.25) is 0 Å². The zero-order chi connectivity index (χ0) is 15.5. The molecule has 1 aliphatic rings. The van der Waals surface area contributed by atoms with Crippen molar-refractivity contribution in [1.82, 2.24) is 10.3 Å². The minimum Gasteiger partial charge on any atom is -0.478 e. The van der Waals surface area contributed by atoms with Crippen LogP contribution in [0.4, 0.5) is 0 Å². The van der Waals surface area contributed by atoms with Crippen LogP contribution in [-0.2, 0) is 5.41 Å². The zero-order valence-corrected chi connectivity index (χ0v) is 12.1. The highest BCUT2D eigenvalue weighted by Crippen LogP contribution is 2.35. The Bertz CT molecular complexity index is 634. The summed E-state index contributed by atoms with van der Waals surface area (Å²) < 4.78 is 0. The number of carboxylic acid groups (broad SMARTS) is 1. The molecular weight excluding hydrogens is 268 g/mol. The van der Waals surface area contributed by atoms with Crippen molar-refractivity contribution >= 4 is 11.9 Å². The smallest absolute Gasteiger partial charge is 0.335 e. The summed E-state index contributed by atoms with van der Waals surface area (Å²) in [6.07, 6.45) is 9.45. The Kier molecular flexibility index (Phi) is 4.21. The van der Waals surface area contributed by atoms with Gasteiger partial charge in [0, 0.05) is 12.5 Å². The van der Waals surface area contributed by atoms with Crippen molar-refractivity contribution in [3.63, 3.8) is 0 Å². The monoisotopic (exact) mass is 286 g/mol. The average molecular weight is 286 g/mol. The van der Waals surface area contributed by atoms with Gasteiger partial charge in [-0.2, -0.15) is 0 Å². The first kappa shape index (κ1) is 15.0. The molecule has 1 amide bonds. The lowest BCUT2D eigenvalue weighted by Crippen LogP contribution is -2.28. The van der Waals surface area contributed by atoms with Crippen molar-refractivity contribution in [1.29, 1.82) is 0 Å². The summed E-state index contributed by atoms with van der Waals surface area (Å²) in [5, 5.41) is 11.7. The number of carbonyl (C=O) groups excluding carboxylic acids is 1. The second-order valence-electron chi connectivity index (χ2n) is 5.01. The fourth-order valence-corrected chi connectivity index (χ4v) is 2.45. The van der Waals surface area contributed by atoms with Gasteiger partial charge in [-0.15, -0.1) is 0 Å². The summed E-state index contributed by atoms with van der Waals surface area (Å²) >= 11 is 0. The first-order valence-corrected chi connectivity index (χ1v) is 6.84. The van der Waals surface area contributed by atoms with Crippen LogP contribution in [0.5, 0.6) is 0 Å². The number of aromatic carboxylic acids is 1. The predicted molar refractivity (Wildman–Crippen MR) is 79.5 cm³/mol. The maximum Gasteiger partial charge on any atom is 0.335 e. The van der Waals surface area contributed by atoms with Gasteiger partial charge in [0.25, 0.3) is 5.91 Å². The third-order valence-electron chi connectivity index (χ3n) is 3.82. The Labute approximate surface area is 123 Å². The van der Waals surface area contributed by atoms with E-state index in [-0.39, 0.29) is 22.6 Å². The second kappa shape index (κ2) is 5.91. The molecule has 2 rings (SSSR count). The van der Waals surface area contributed by atoms with E-state index >= 15 is 0 Å². The molecule has 1 atom stereocenters. The summed E-state index contributed by atoms with van der Waals surface area (Å²) in [5.41, 5.74) is 0.463. The molecule has 0 bridgehead atoms. The Balaban J connectivity index is 2.59. The van der Waals surface area contributed by atoms with Crippen molar-refractivity contribution in [2.45, 2.75) is 25.2 Å². The highest BCUT2D eigenvalue weighted by atomic mass is 16.4. The summed E-state index contributed by atoms with van der Waals surface area (Å²) in [4.78, 5) is 27.5. The van der Waals surface area contributed by atoms with Crippen LogP contribution in [0.15, 0.2) is 36.4 Å². The highest BCUT2D eigenvalue weighted by Gasteiger charge is 2.30. The van der Waals surface area contributed by atoms with E-state index in [1.807, 2.05) is 31.2 Å². The Morgan fingerprint density at radius 3 is 2.67 bits per heavy atom. The summed E-state index contributed by atoms with van der Waals surface area (Å²) in [5.74, 6) is -1.45. The number of hydrogen-bond donors (Lipinski definition) is 2. The molecule has 5 nitrogen and oxygen atoms in total. The van der Waals surface area contributed by atoms with Crippen LogP contribution in [0.2, 0.25) is 0 Å². The van der Waals surface area contributed by atoms with Crippen LogP contribution in [0.3, 0.4) is 0 Å². The molecule has 5 heteroatoms. The minimum atomic E-state index is -1.06. The molecule has 1 aromatic rings. The number of nitrogens with one attached hydrogen (secondary N) is 1. The Morgan fingerprint density at radius 2 is 2.14 bits per heavy atom. The second-order valence-corrected chi connectivity index (χ2v) is 5.01. The molecule has 1 aromatic heterocycles. The van der Waals surface area contributed by atoms with Gasteiger partial charge in [0.1, 0.15) is 5.69 Å². The van der Waals surface area contributed by atoms with Crippen LogP contribution in [0.1, 0.15) is 46.3 Å². The SMILES string of the molecule is CC[C@@]1(c2cc(C(=O)O)cc(C(=O)NC)n2)C=CC=CC1. The van der Waals surface area contributed by atoms with Gasteiger partial charge in [-0.1, -0.05) is 31.2 Å². The lowest BCUT2D eigenvalue weighted by molar-refractivity contribution is 0.0696. The first-order valence-electron chi connectivity index (χ1n) is 6.84. The molecule has 21 heavy (non-hydrogen) atoms. The number of nitrogens with zero attached hydrogens (tertiary/aromatic N) is 1. The molecule has 0 aliphatic heterocycles. The lowest BCUT2D eigenvalue weighted by atomic mass is 9.75. The quantitative estimate of drug-likeness (QED) is 0.890. The van der Waals surface area contributed by atoms with Gasteiger partial charge in [-0.05, 0) is 25.0 Å². The summed E-state index contributed by atoms with van der Waals surface area (Å²) in [6, 6.07) is 2.86. The van der Waals surface area contributed by atoms with Crippen LogP contribution < -0.4 is 5.32 Å². The molecule has 0 spiro atoms. The molecular formula is C16H18N2O3. The maximum absolute atomic E-state index is 11.8. The molecule has 110 valence electrons. The standard InChI is InChI=1S/C16H18N2O3/c1-3-16(7-5-4-6-8-16)13-10-11(15(20)21)9-12(18-13)14(19)17-2/h4-7,9-10H,3,8H2,1-2H3,(H,17,19)(H,20,21)/t16-/m1/s1. The fourth-order valence-electron chi connectivity index (χ4n) is 2.45. The normalized spacial score (nSPS) is 20.3. The van der Waals surface area contributed by atoms with E-state index in [1.54, 1.807) is 6.07 Å². The van der Waals surface area contributed by atoms with Crippen LogP contribution >= 0.6 is 0 Å². The minimum absolute atomic E-state index is 0.0781. The number of hydrogen-bond acceptors (Lipinski definition) is 3. The van der Waals surface area contributed by atoms with E-state index in [2.05, 4.69) is 10.3 Å². The third-order valence-corrected chi connectivity index (χ3v) is 3.82. The van der Waals surface area contributed by atoms with Gasteiger partial charge in [0.05, 0.1) is 11.3 Å². The molecule has 1 aliphatic carbocycles. The zero-order valence-electron chi connectivity index (χ0n) is 12.1. The van der Waals surface area contributed by atoms with E-state index in [1.165, 1.54) is 13.1 Å². The lowest BCUT2D eigenvalue weighted by Gasteiger charge is -2.30. The van der Waals surface area contributed by atoms with Crippen molar-refractivity contribution < 1.29 is 14.7 Å². The molecule has 0 fully saturated rings. The number of carboxylic acids is 1. The first-order chi connectivity index (χ1) is 10.0. The van der Waals surface area contributed by atoms with E-state index < -0.39 is 5.97 Å². The molecule has 0 unspecified atom stereocenters. The number of allylic oxidation sites excluding steroid dienone is 4. The largest absolute Gasteiger partial charge is 0.478 e. The molecule has 0 saturated carbocycles. The van der Waals surface area contributed by atoms with E-state index in [0.717, 1.165) is 12.8 Å². The number of rotatable bonds is 4. The highest BCUT2D eigenvalue weighted by molar-refractivity contribution is 5.96. The molecule has 0 radical (unpaired) electrons. The number of pyridine rings is 1. The van der Waals surface area contributed by atoms with Crippen molar-refractivity contribution in [3.05, 3.63) is 53.4 Å². The van der Waals surface area contributed by atoms with Gasteiger partial charge < -0.3 is 10.4 Å². The molecule has 0 saturated heterocycles. The predicted octanol–water partition coefficient (Wildman–Crippen LogP) is 2.30. The number of amides is 1. The van der Waals surface area contributed by atoms with E-state index in [9.17, 15) is 14.7 Å². The maximum atomic E-state index is 11.8. The van der Waals surface area contributed by atoms with E-state index in [4.69, 9.17) is 0 Å². The number of aromatic nitrogens is 1. The van der Waals surface area contributed by atoms with Gasteiger partial charge >= 0.3 is 5.97 Å². The molecule has 1 heterocycles. The molecule has 2 N–H and O–H groups in total. The van der Waals surface area contributed by atoms with E-state index in [0.29, 0.717) is 5.69 Å². The molecule has 0 aromatic carbocycles. The van der Waals surface area contributed by atoms with Gasteiger partial charge in [0.15, 0.2) is 0 Å². The number of carbonyl (C=O) groups is 2. The van der Waals surface area contributed by atoms with Crippen molar-refractivity contribution in [2.24, 2.45) is 0 Å². The summed E-state index contributed by atoms with van der Waals surface area (Å²) in [7, 11) is 1.50. The van der Waals surface area contributed by atoms with Gasteiger partial charge in [-0.25, -0.2) is 9.78 Å². The summed E-state index contributed by atoms with van der Waals surface area (Å²) in [6.45, 7) is 2.03.